The first-order valence-corrected chi connectivity index (χ1v) is 6.85. The summed E-state index contributed by atoms with van der Waals surface area (Å²) in [5, 5.41) is 3.62. The summed E-state index contributed by atoms with van der Waals surface area (Å²) in [5.74, 6) is 0.555. The van der Waals surface area contributed by atoms with Gasteiger partial charge in [-0.1, -0.05) is 48.0 Å². The van der Waals surface area contributed by atoms with Gasteiger partial charge in [-0.2, -0.15) is 0 Å². The highest BCUT2D eigenvalue weighted by Crippen LogP contribution is 2.23. The normalized spacial score (nSPS) is 14.9. The lowest BCUT2D eigenvalue weighted by Crippen LogP contribution is -2.39. The van der Waals surface area contributed by atoms with Crippen molar-refractivity contribution in [2.75, 3.05) is 13.7 Å². The topological polar surface area (TPSA) is 21.3 Å². The van der Waals surface area contributed by atoms with E-state index in [1.807, 2.05) is 6.07 Å². The smallest absolute Gasteiger partial charge is 0.0618 e. The fourth-order valence-electron chi connectivity index (χ4n) is 1.85. The van der Waals surface area contributed by atoms with Crippen molar-refractivity contribution in [3.63, 3.8) is 0 Å². The van der Waals surface area contributed by atoms with Crippen molar-refractivity contribution in [2.45, 2.75) is 32.9 Å². The molecule has 0 aliphatic carbocycles. The molecule has 0 saturated carbocycles. The molecule has 2 nitrogen and oxygen atoms in total. The molecule has 1 unspecified atom stereocenters. The molecule has 0 aliphatic heterocycles. The van der Waals surface area contributed by atoms with Crippen LogP contribution in [-0.2, 0) is 4.74 Å². The van der Waals surface area contributed by atoms with Gasteiger partial charge < -0.3 is 10.1 Å². The lowest BCUT2D eigenvalue weighted by molar-refractivity contribution is 0.141. The fraction of sp³-hybridized carbons (Fsp3) is 0.571. The lowest BCUT2D eigenvalue weighted by Gasteiger charge is -2.26. The van der Waals surface area contributed by atoms with E-state index in [1.165, 1.54) is 5.56 Å². The SMILES string of the molecule is COCC(N[C@@H](C)c1ccccc1Br)C(C)C. The second-order valence-electron chi connectivity index (χ2n) is 4.72. The van der Waals surface area contributed by atoms with Crippen LogP contribution in [0.2, 0.25) is 0 Å². The van der Waals surface area contributed by atoms with E-state index >= 15 is 0 Å². The van der Waals surface area contributed by atoms with Crippen LogP contribution < -0.4 is 5.32 Å². The zero-order valence-electron chi connectivity index (χ0n) is 11.0. The van der Waals surface area contributed by atoms with Crippen LogP contribution in [0.25, 0.3) is 0 Å². The predicted molar refractivity (Wildman–Crippen MR) is 76.2 cm³/mol. The van der Waals surface area contributed by atoms with Gasteiger partial charge in [-0.25, -0.2) is 0 Å². The fourth-order valence-corrected chi connectivity index (χ4v) is 2.48. The molecule has 1 rings (SSSR count). The van der Waals surface area contributed by atoms with Gasteiger partial charge in [-0.05, 0) is 24.5 Å². The molecule has 0 amide bonds. The standard InChI is InChI=1S/C14H22BrNO/c1-10(2)14(9-17-4)16-11(3)12-7-5-6-8-13(12)15/h5-8,10-11,14,16H,9H2,1-4H3/t11-,14?/m0/s1. The zero-order valence-corrected chi connectivity index (χ0v) is 12.6. The Kier molecular flexibility index (Phi) is 6.17. The quantitative estimate of drug-likeness (QED) is 0.863. The summed E-state index contributed by atoms with van der Waals surface area (Å²) in [6.07, 6.45) is 0. The first kappa shape index (κ1) is 14.7. The molecule has 3 heteroatoms. The number of benzene rings is 1. The molecule has 0 fully saturated rings. The van der Waals surface area contributed by atoms with Gasteiger partial charge in [0.15, 0.2) is 0 Å². The van der Waals surface area contributed by atoms with E-state index in [1.54, 1.807) is 7.11 Å². The van der Waals surface area contributed by atoms with Crippen molar-refractivity contribution in [2.24, 2.45) is 5.92 Å². The van der Waals surface area contributed by atoms with Crippen molar-refractivity contribution in [3.05, 3.63) is 34.3 Å². The molecule has 0 bridgehead atoms. The van der Waals surface area contributed by atoms with E-state index < -0.39 is 0 Å². The third kappa shape index (κ3) is 4.41. The second kappa shape index (κ2) is 7.14. The van der Waals surface area contributed by atoms with Gasteiger partial charge >= 0.3 is 0 Å². The molecule has 17 heavy (non-hydrogen) atoms. The summed E-state index contributed by atoms with van der Waals surface area (Å²) < 4.78 is 6.41. The monoisotopic (exact) mass is 299 g/mol. The summed E-state index contributed by atoms with van der Waals surface area (Å²) in [4.78, 5) is 0. The predicted octanol–water partition coefficient (Wildman–Crippen LogP) is 3.77. The van der Waals surface area contributed by atoms with Crippen molar-refractivity contribution in [1.29, 1.82) is 0 Å². The average molecular weight is 300 g/mol. The Bertz CT molecular complexity index is 341. The summed E-state index contributed by atoms with van der Waals surface area (Å²) in [7, 11) is 1.75. The molecule has 1 aromatic carbocycles. The minimum atomic E-state index is 0.313. The highest BCUT2D eigenvalue weighted by molar-refractivity contribution is 9.10. The third-order valence-corrected chi connectivity index (χ3v) is 3.71. The van der Waals surface area contributed by atoms with Gasteiger partial charge in [0.25, 0.3) is 0 Å². The molecule has 0 aliphatic rings. The minimum Gasteiger partial charge on any atom is -0.383 e. The van der Waals surface area contributed by atoms with Crippen LogP contribution in [0.3, 0.4) is 0 Å². The van der Waals surface area contributed by atoms with Crippen molar-refractivity contribution < 1.29 is 4.74 Å². The molecule has 0 aromatic heterocycles. The zero-order chi connectivity index (χ0) is 12.8. The van der Waals surface area contributed by atoms with Gasteiger partial charge in [-0.3, -0.25) is 0 Å². The Morgan fingerprint density at radius 2 is 1.88 bits per heavy atom. The largest absolute Gasteiger partial charge is 0.383 e. The van der Waals surface area contributed by atoms with Gasteiger partial charge in [0.2, 0.25) is 0 Å². The molecule has 0 radical (unpaired) electrons. The summed E-state index contributed by atoms with van der Waals surface area (Å²) in [5.41, 5.74) is 1.29. The summed E-state index contributed by atoms with van der Waals surface area (Å²) in [6.45, 7) is 7.35. The van der Waals surface area contributed by atoms with E-state index in [-0.39, 0.29) is 0 Å². The van der Waals surface area contributed by atoms with E-state index in [9.17, 15) is 0 Å². The Hall–Kier alpha value is -0.380. The Morgan fingerprint density at radius 3 is 2.41 bits per heavy atom. The van der Waals surface area contributed by atoms with Crippen LogP contribution >= 0.6 is 15.9 Å². The van der Waals surface area contributed by atoms with Crippen LogP contribution in [0.1, 0.15) is 32.4 Å². The first-order valence-electron chi connectivity index (χ1n) is 6.05. The Labute approximate surface area is 113 Å². The first-order chi connectivity index (χ1) is 8.06. The summed E-state index contributed by atoms with van der Waals surface area (Å²) >= 11 is 3.59. The van der Waals surface area contributed by atoms with Crippen molar-refractivity contribution in [1.82, 2.24) is 5.32 Å². The molecule has 1 N–H and O–H groups in total. The molecule has 2 atom stereocenters. The Morgan fingerprint density at radius 1 is 1.24 bits per heavy atom. The molecule has 1 aromatic rings. The maximum Gasteiger partial charge on any atom is 0.0618 e. The highest BCUT2D eigenvalue weighted by Gasteiger charge is 2.17. The van der Waals surface area contributed by atoms with Gasteiger partial charge in [-0.15, -0.1) is 0 Å². The number of halogens is 1. The lowest BCUT2D eigenvalue weighted by atomic mass is 10.0. The van der Waals surface area contributed by atoms with Crippen LogP contribution in [0.5, 0.6) is 0 Å². The number of methoxy groups -OCH3 is 1. The minimum absolute atomic E-state index is 0.313. The van der Waals surface area contributed by atoms with E-state index in [0.29, 0.717) is 18.0 Å². The maximum atomic E-state index is 5.26. The molecule has 96 valence electrons. The number of ether oxygens (including phenoxy) is 1. The van der Waals surface area contributed by atoms with Crippen LogP contribution in [0, 0.1) is 5.92 Å². The van der Waals surface area contributed by atoms with E-state index in [0.717, 1.165) is 11.1 Å². The summed E-state index contributed by atoms with van der Waals surface area (Å²) in [6, 6.07) is 9.02. The third-order valence-electron chi connectivity index (χ3n) is 2.99. The van der Waals surface area contributed by atoms with E-state index in [4.69, 9.17) is 4.74 Å². The van der Waals surface area contributed by atoms with Crippen molar-refractivity contribution in [3.8, 4) is 0 Å². The highest BCUT2D eigenvalue weighted by atomic mass is 79.9. The van der Waals surface area contributed by atoms with Gasteiger partial charge in [0, 0.05) is 23.7 Å². The average Bonchev–Trinajstić information content (AvgIpc) is 2.28. The van der Waals surface area contributed by atoms with Crippen molar-refractivity contribution >= 4 is 15.9 Å². The second-order valence-corrected chi connectivity index (χ2v) is 5.57. The molecule has 0 heterocycles. The number of hydrogen-bond donors (Lipinski definition) is 1. The molecule has 0 saturated heterocycles. The molecular formula is C14H22BrNO. The van der Waals surface area contributed by atoms with Crippen LogP contribution in [0.15, 0.2) is 28.7 Å². The Balaban J connectivity index is 2.70. The molecular weight excluding hydrogens is 278 g/mol. The number of rotatable bonds is 6. The maximum absolute atomic E-state index is 5.26. The van der Waals surface area contributed by atoms with Crippen LogP contribution in [-0.4, -0.2) is 19.8 Å². The number of nitrogens with one attached hydrogen (secondary N) is 1. The van der Waals surface area contributed by atoms with E-state index in [2.05, 4.69) is 60.2 Å². The van der Waals surface area contributed by atoms with Gasteiger partial charge in [0.05, 0.1) is 6.61 Å². The number of hydrogen-bond acceptors (Lipinski definition) is 2. The van der Waals surface area contributed by atoms with Crippen LogP contribution in [0.4, 0.5) is 0 Å². The van der Waals surface area contributed by atoms with Gasteiger partial charge in [0.1, 0.15) is 0 Å². The molecule has 0 spiro atoms.